The minimum atomic E-state index is -0.305. The minimum Gasteiger partial charge on any atom is -0.377 e. The lowest BCUT2D eigenvalue weighted by molar-refractivity contribution is 0.0268. The fourth-order valence-electron chi connectivity index (χ4n) is 3.08. The van der Waals surface area contributed by atoms with Crippen LogP contribution in [-0.2, 0) is 4.74 Å². The van der Waals surface area contributed by atoms with Gasteiger partial charge in [-0.2, -0.15) is 0 Å². The van der Waals surface area contributed by atoms with Crippen LogP contribution in [0.25, 0.3) is 0 Å². The number of likely N-dealkylation sites (tertiary alicyclic amines) is 1. The van der Waals surface area contributed by atoms with Gasteiger partial charge < -0.3 is 15.4 Å². The van der Waals surface area contributed by atoms with Gasteiger partial charge in [-0.3, -0.25) is 9.89 Å². The quantitative estimate of drug-likeness (QED) is 0.331. The SMILES string of the molecule is CN=C(NCC(c1c(F)cccc1Cl)N1CCCC1)NCC(C)(C)OC.I. The maximum atomic E-state index is 14.5. The summed E-state index contributed by atoms with van der Waals surface area (Å²) in [4.78, 5) is 6.54. The zero-order valence-corrected chi connectivity index (χ0v) is 19.6. The Hall–Kier alpha value is -0.640. The first-order chi connectivity index (χ1) is 12.4. The summed E-state index contributed by atoms with van der Waals surface area (Å²) in [6, 6.07) is 4.72. The number of nitrogens with one attached hydrogen (secondary N) is 2. The highest BCUT2D eigenvalue weighted by Gasteiger charge is 2.28. The Morgan fingerprint density at radius 2 is 2.00 bits per heavy atom. The second kappa shape index (κ2) is 11.4. The predicted molar refractivity (Wildman–Crippen MR) is 121 cm³/mol. The molecule has 1 aliphatic heterocycles. The average Bonchev–Trinajstić information content (AvgIpc) is 3.14. The van der Waals surface area contributed by atoms with Gasteiger partial charge in [-0.15, -0.1) is 24.0 Å². The van der Waals surface area contributed by atoms with E-state index in [-0.39, 0.29) is 41.4 Å². The van der Waals surface area contributed by atoms with Gasteiger partial charge >= 0.3 is 0 Å². The lowest BCUT2D eigenvalue weighted by Gasteiger charge is -2.30. The molecule has 154 valence electrons. The monoisotopic (exact) mass is 512 g/mol. The Bertz CT molecular complexity index is 603. The summed E-state index contributed by atoms with van der Waals surface area (Å²) in [5, 5.41) is 7.03. The Morgan fingerprint density at radius 3 is 2.56 bits per heavy atom. The Balaban J connectivity index is 0.00000364. The molecule has 0 radical (unpaired) electrons. The maximum absolute atomic E-state index is 14.5. The van der Waals surface area contributed by atoms with Crippen LogP contribution in [0.1, 0.15) is 38.3 Å². The Morgan fingerprint density at radius 1 is 1.33 bits per heavy atom. The highest BCUT2D eigenvalue weighted by Crippen LogP contribution is 2.31. The number of benzene rings is 1. The van der Waals surface area contributed by atoms with Gasteiger partial charge in [0.1, 0.15) is 5.82 Å². The van der Waals surface area contributed by atoms with Crippen molar-refractivity contribution < 1.29 is 9.13 Å². The zero-order chi connectivity index (χ0) is 19.2. The molecule has 1 heterocycles. The smallest absolute Gasteiger partial charge is 0.191 e. The molecule has 1 aromatic rings. The maximum Gasteiger partial charge on any atom is 0.191 e. The number of aliphatic imine (C=N–C) groups is 1. The largest absolute Gasteiger partial charge is 0.377 e. The molecule has 0 amide bonds. The third-order valence-corrected chi connectivity index (χ3v) is 5.16. The first-order valence-corrected chi connectivity index (χ1v) is 9.43. The van der Waals surface area contributed by atoms with E-state index in [1.807, 2.05) is 13.8 Å². The molecule has 1 fully saturated rings. The van der Waals surface area contributed by atoms with Crippen molar-refractivity contribution in [2.45, 2.75) is 38.3 Å². The summed E-state index contributed by atoms with van der Waals surface area (Å²) < 4.78 is 19.9. The van der Waals surface area contributed by atoms with Crippen molar-refractivity contribution in [3.8, 4) is 0 Å². The van der Waals surface area contributed by atoms with Crippen LogP contribution in [0.4, 0.5) is 4.39 Å². The van der Waals surface area contributed by atoms with Gasteiger partial charge in [0.25, 0.3) is 0 Å². The molecule has 27 heavy (non-hydrogen) atoms. The van der Waals surface area contributed by atoms with E-state index in [0.29, 0.717) is 29.6 Å². The average molecular weight is 513 g/mol. The molecule has 1 unspecified atom stereocenters. The Kier molecular flexibility index (Phi) is 10.3. The van der Waals surface area contributed by atoms with E-state index in [0.717, 1.165) is 25.9 Å². The van der Waals surface area contributed by atoms with Crippen molar-refractivity contribution in [1.82, 2.24) is 15.5 Å². The fourth-order valence-corrected chi connectivity index (χ4v) is 3.37. The Labute approximate surface area is 184 Å². The number of guanidine groups is 1. The number of hydrogen-bond donors (Lipinski definition) is 2. The van der Waals surface area contributed by atoms with Crippen LogP contribution in [0.2, 0.25) is 5.02 Å². The summed E-state index contributed by atoms with van der Waals surface area (Å²) in [6.07, 6.45) is 2.25. The van der Waals surface area contributed by atoms with Gasteiger partial charge in [-0.25, -0.2) is 4.39 Å². The first-order valence-electron chi connectivity index (χ1n) is 9.05. The lowest BCUT2D eigenvalue weighted by atomic mass is 10.0. The molecule has 0 spiro atoms. The predicted octanol–water partition coefficient (Wildman–Crippen LogP) is 3.82. The number of rotatable bonds is 7. The molecule has 1 aliphatic rings. The zero-order valence-electron chi connectivity index (χ0n) is 16.5. The first kappa shape index (κ1) is 24.4. The van der Waals surface area contributed by atoms with E-state index in [9.17, 15) is 4.39 Å². The number of ether oxygens (including phenoxy) is 1. The van der Waals surface area contributed by atoms with Crippen LogP contribution in [0, 0.1) is 5.82 Å². The van der Waals surface area contributed by atoms with Crippen LogP contribution in [0.5, 0.6) is 0 Å². The van der Waals surface area contributed by atoms with Crippen molar-refractivity contribution in [2.24, 2.45) is 4.99 Å². The van der Waals surface area contributed by atoms with Crippen molar-refractivity contribution >= 4 is 41.5 Å². The standard InChI is InChI=1S/C19H30ClFN4O.HI/c1-19(2,26-4)13-24-18(22-3)23-12-16(25-10-5-6-11-25)17-14(20)8-7-9-15(17)21;/h7-9,16H,5-6,10-13H2,1-4H3,(H2,22,23,24);1H. The van der Waals surface area contributed by atoms with Gasteiger partial charge in [0.2, 0.25) is 0 Å². The third-order valence-electron chi connectivity index (χ3n) is 4.83. The number of halogens is 3. The van der Waals surface area contributed by atoms with Crippen LogP contribution in [0.15, 0.2) is 23.2 Å². The van der Waals surface area contributed by atoms with Crippen LogP contribution < -0.4 is 10.6 Å². The molecular weight excluding hydrogens is 482 g/mol. The van der Waals surface area contributed by atoms with Crippen LogP contribution in [-0.4, -0.2) is 56.8 Å². The van der Waals surface area contributed by atoms with E-state index >= 15 is 0 Å². The van der Waals surface area contributed by atoms with Gasteiger partial charge in [-0.05, 0) is 51.9 Å². The van der Waals surface area contributed by atoms with Crippen LogP contribution in [0.3, 0.4) is 0 Å². The van der Waals surface area contributed by atoms with Crippen molar-refractivity contribution in [3.05, 3.63) is 34.6 Å². The molecule has 1 atom stereocenters. The molecule has 8 heteroatoms. The molecule has 1 aromatic carbocycles. The number of hydrogen-bond acceptors (Lipinski definition) is 3. The summed E-state index contributed by atoms with van der Waals surface area (Å²) in [5.41, 5.74) is 0.247. The van der Waals surface area contributed by atoms with Crippen molar-refractivity contribution in [1.29, 1.82) is 0 Å². The summed E-state index contributed by atoms with van der Waals surface area (Å²) in [7, 11) is 3.40. The molecule has 0 aliphatic carbocycles. The second-order valence-corrected chi connectivity index (χ2v) is 7.57. The second-order valence-electron chi connectivity index (χ2n) is 7.16. The summed E-state index contributed by atoms with van der Waals surface area (Å²) in [6.45, 7) is 7.02. The highest BCUT2D eigenvalue weighted by atomic mass is 127. The third kappa shape index (κ3) is 7.03. The molecule has 5 nitrogen and oxygen atoms in total. The van der Waals surface area contributed by atoms with Gasteiger partial charge in [0, 0.05) is 37.8 Å². The van der Waals surface area contributed by atoms with E-state index < -0.39 is 0 Å². The van der Waals surface area contributed by atoms with Crippen molar-refractivity contribution in [3.63, 3.8) is 0 Å². The molecule has 2 N–H and O–H groups in total. The van der Waals surface area contributed by atoms with E-state index in [2.05, 4.69) is 20.5 Å². The highest BCUT2D eigenvalue weighted by molar-refractivity contribution is 14.0. The fraction of sp³-hybridized carbons (Fsp3) is 0.632. The van der Waals surface area contributed by atoms with E-state index in [1.54, 1.807) is 26.3 Å². The molecule has 0 aromatic heterocycles. The number of nitrogens with zero attached hydrogens (tertiary/aromatic N) is 2. The van der Waals surface area contributed by atoms with Gasteiger partial charge in [-0.1, -0.05) is 17.7 Å². The van der Waals surface area contributed by atoms with Crippen LogP contribution >= 0.6 is 35.6 Å². The summed E-state index contributed by atoms with van der Waals surface area (Å²) >= 11 is 6.33. The topological polar surface area (TPSA) is 48.9 Å². The molecule has 1 saturated heterocycles. The summed E-state index contributed by atoms with van der Waals surface area (Å²) in [5.74, 6) is 0.395. The molecule has 2 rings (SSSR count). The molecular formula is C19H31ClFIN4O. The van der Waals surface area contributed by atoms with E-state index in [1.165, 1.54) is 6.07 Å². The molecule has 0 saturated carbocycles. The minimum absolute atomic E-state index is 0. The lowest BCUT2D eigenvalue weighted by Crippen LogP contribution is -2.47. The van der Waals surface area contributed by atoms with Gasteiger partial charge in [0.15, 0.2) is 5.96 Å². The molecule has 0 bridgehead atoms. The normalized spacial score (nSPS) is 16.7. The number of methoxy groups -OCH3 is 1. The van der Waals surface area contributed by atoms with Gasteiger partial charge in [0.05, 0.1) is 11.6 Å². The van der Waals surface area contributed by atoms with Crippen molar-refractivity contribution in [2.75, 3.05) is 40.3 Å². The van der Waals surface area contributed by atoms with E-state index in [4.69, 9.17) is 16.3 Å².